The van der Waals surface area contributed by atoms with Crippen LogP contribution in [0.15, 0.2) is 24.3 Å². The molecule has 0 aromatic heterocycles. The van der Waals surface area contributed by atoms with Gasteiger partial charge in [-0.05, 0) is 51.4 Å². The van der Waals surface area contributed by atoms with Crippen LogP contribution in [0.2, 0.25) is 0 Å². The molecule has 0 spiro atoms. The summed E-state index contributed by atoms with van der Waals surface area (Å²) in [4.78, 5) is 20.4. The molecule has 0 amide bonds. The number of carboxylic acid groups (broad SMARTS) is 1. The van der Waals surface area contributed by atoms with E-state index in [9.17, 15) is 9.59 Å². The van der Waals surface area contributed by atoms with Crippen molar-refractivity contribution in [2.45, 2.75) is 181 Å². The highest BCUT2D eigenvalue weighted by atomic mass is 16.4. The molecule has 37 heavy (non-hydrogen) atoms. The first kappa shape index (κ1) is 37.8. The third-order valence-electron chi connectivity index (χ3n) is 6.74. The van der Waals surface area contributed by atoms with Crippen molar-refractivity contribution in [2.75, 3.05) is 0 Å². The summed E-state index contributed by atoms with van der Waals surface area (Å²) in [6, 6.07) is 0. The molecule has 0 fully saturated rings. The Morgan fingerprint density at radius 2 is 0.757 bits per heavy atom. The van der Waals surface area contributed by atoms with Crippen LogP contribution in [-0.4, -0.2) is 17.4 Å². The lowest BCUT2D eigenvalue weighted by atomic mass is 10.1. The van der Waals surface area contributed by atoms with Crippen molar-refractivity contribution in [3.8, 4) is 0 Å². The Labute approximate surface area is 232 Å². The van der Waals surface area contributed by atoms with Crippen molar-refractivity contribution in [1.29, 1.82) is 0 Å². The number of hydrogen-bond acceptors (Lipinski definition) is 2. The van der Waals surface area contributed by atoms with Crippen LogP contribution in [0.3, 0.4) is 0 Å². The highest BCUT2D eigenvalue weighted by Crippen LogP contribution is 2.12. The van der Waals surface area contributed by atoms with Gasteiger partial charge in [-0.3, -0.25) is 4.79 Å². The van der Waals surface area contributed by atoms with Gasteiger partial charge in [0.2, 0.25) is 0 Å². The summed E-state index contributed by atoms with van der Waals surface area (Å²) in [7, 11) is 0. The van der Waals surface area contributed by atoms with Crippen LogP contribution in [0.4, 0.5) is 0 Å². The number of hydrogen-bond donors (Lipinski definition) is 1. The third kappa shape index (κ3) is 42.0. The van der Waals surface area contributed by atoms with Crippen LogP contribution in [-0.2, 0) is 9.59 Å². The van der Waals surface area contributed by atoms with Crippen LogP contribution in [0.25, 0.3) is 0 Å². The molecule has 0 heterocycles. The highest BCUT2D eigenvalue weighted by molar-refractivity contribution is 5.66. The lowest BCUT2D eigenvalue weighted by Gasteiger charge is -2.01. The minimum Gasteiger partial charge on any atom is -0.481 e. The third-order valence-corrected chi connectivity index (χ3v) is 6.74. The Bertz CT molecular complexity index is 495. The van der Waals surface area contributed by atoms with Gasteiger partial charge in [0.05, 0.1) is 0 Å². The van der Waals surface area contributed by atoms with E-state index in [2.05, 4.69) is 38.2 Å². The summed E-state index contributed by atoms with van der Waals surface area (Å²) in [5.41, 5.74) is 0. The topological polar surface area (TPSA) is 54.4 Å². The van der Waals surface area contributed by atoms with Gasteiger partial charge in [0, 0.05) is 12.8 Å². The van der Waals surface area contributed by atoms with Gasteiger partial charge in [-0.15, -0.1) is 0 Å². The van der Waals surface area contributed by atoms with E-state index >= 15 is 0 Å². The van der Waals surface area contributed by atoms with E-state index in [1.807, 2.05) is 0 Å². The molecule has 0 rings (SSSR count). The Morgan fingerprint density at radius 3 is 1.08 bits per heavy atom. The van der Waals surface area contributed by atoms with Crippen LogP contribution in [0, 0.1) is 0 Å². The number of carbonyl (C=O) groups excluding carboxylic acids is 1. The van der Waals surface area contributed by atoms with Gasteiger partial charge in [-0.2, -0.15) is 0 Å². The van der Waals surface area contributed by atoms with E-state index in [0.717, 1.165) is 32.0 Å². The number of aldehydes is 1. The fourth-order valence-corrected chi connectivity index (χ4v) is 4.26. The monoisotopic (exact) mass is 520 g/mol. The number of aliphatic carboxylic acids is 1. The van der Waals surface area contributed by atoms with Crippen molar-refractivity contribution in [2.24, 2.45) is 0 Å². The fraction of sp³-hybridized carbons (Fsp3) is 0.824. The molecule has 0 atom stereocenters. The first-order valence-electron chi connectivity index (χ1n) is 16.1. The van der Waals surface area contributed by atoms with Crippen LogP contribution in [0.5, 0.6) is 0 Å². The average molecular weight is 521 g/mol. The maximum Gasteiger partial charge on any atom is 0.303 e. The highest BCUT2D eigenvalue weighted by Gasteiger charge is 1.96. The summed E-state index contributed by atoms with van der Waals surface area (Å²) in [5.74, 6) is -0.659. The number of rotatable bonds is 28. The Morgan fingerprint density at radius 1 is 0.459 bits per heavy atom. The molecule has 3 nitrogen and oxygen atoms in total. The smallest absolute Gasteiger partial charge is 0.303 e. The van der Waals surface area contributed by atoms with Crippen LogP contribution >= 0.6 is 0 Å². The predicted molar refractivity (Wildman–Crippen MR) is 163 cm³/mol. The second-order valence-electron chi connectivity index (χ2n) is 10.6. The number of carbonyl (C=O) groups is 2. The summed E-state index contributed by atoms with van der Waals surface area (Å²) >= 11 is 0. The van der Waals surface area contributed by atoms with E-state index in [-0.39, 0.29) is 0 Å². The van der Waals surface area contributed by atoms with Crippen LogP contribution < -0.4 is 0 Å². The number of allylic oxidation sites excluding steroid dienone is 4. The minimum absolute atomic E-state index is 0.339. The van der Waals surface area contributed by atoms with Crippen molar-refractivity contribution >= 4 is 12.3 Å². The van der Waals surface area contributed by atoms with Crippen molar-refractivity contribution in [3.05, 3.63) is 24.3 Å². The largest absolute Gasteiger partial charge is 0.481 e. The minimum atomic E-state index is -0.659. The molecular formula is C34H64O3. The molecule has 1 N–H and O–H groups in total. The normalized spacial score (nSPS) is 11.2. The standard InChI is InChI=1S/C18H34O2.C16H30O/c1-2-3-4-5-6-7-8-9-10-11-12-13-14-15-16-17-18(19)20;1-2-3-4-5-6-7-8-9-10-11-12-13-14-15-16-17/h5-6H,2-4,7-17H2,1H3,(H,19,20);5-6,16H,2-4,7-15H2,1H3/b2*6-5-. The second-order valence-corrected chi connectivity index (χ2v) is 10.6. The molecule has 0 aromatic carbocycles. The second kappa shape index (κ2) is 36.8. The van der Waals surface area contributed by atoms with Gasteiger partial charge >= 0.3 is 5.97 Å². The zero-order valence-corrected chi connectivity index (χ0v) is 25.0. The molecular weight excluding hydrogens is 456 g/mol. The van der Waals surface area contributed by atoms with Gasteiger partial charge in [-0.1, -0.05) is 141 Å². The Kier molecular flexibility index (Phi) is 37.5. The fourth-order valence-electron chi connectivity index (χ4n) is 4.26. The number of unbranched alkanes of at least 4 members (excludes halogenated alkanes) is 21. The quantitative estimate of drug-likeness (QED) is 0.0634. The molecule has 0 unspecified atom stereocenters. The van der Waals surface area contributed by atoms with Gasteiger partial charge in [-0.25, -0.2) is 0 Å². The lowest BCUT2D eigenvalue weighted by molar-refractivity contribution is -0.137. The zero-order valence-electron chi connectivity index (χ0n) is 25.0. The summed E-state index contributed by atoms with van der Waals surface area (Å²) in [6.07, 6.45) is 41.9. The van der Waals surface area contributed by atoms with E-state index in [4.69, 9.17) is 5.11 Å². The molecule has 0 radical (unpaired) electrons. The van der Waals surface area contributed by atoms with E-state index in [0.29, 0.717) is 6.42 Å². The molecule has 0 saturated carbocycles. The lowest BCUT2D eigenvalue weighted by Crippen LogP contribution is -1.93. The maximum atomic E-state index is 10.3. The first-order chi connectivity index (χ1) is 18.2. The molecule has 0 saturated heterocycles. The Hall–Kier alpha value is -1.38. The Balaban J connectivity index is 0. The summed E-state index contributed by atoms with van der Waals surface area (Å²) in [5, 5.41) is 8.51. The SMILES string of the molecule is CCCC/C=C\CCCCCCCCCC=O.CCCC/C=C\CCCCCCCCCCCC(=O)O. The molecule has 218 valence electrons. The van der Waals surface area contributed by atoms with Gasteiger partial charge in [0.15, 0.2) is 0 Å². The van der Waals surface area contributed by atoms with Crippen molar-refractivity contribution in [3.63, 3.8) is 0 Å². The van der Waals surface area contributed by atoms with Crippen LogP contribution in [0.1, 0.15) is 181 Å². The molecule has 0 aliphatic heterocycles. The molecule has 3 heteroatoms. The van der Waals surface area contributed by atoms with E-state index < -0.39 is 5.97 Å². The van der Waals surface area contributed by atoms with E-state index in [1.165, 1.54) is 135 Å². The van der Waals surface area contributed by atoms with Gasteiger partial charge in [0.1, 0.15) is 6.29 Å². The van der Waals surface area contributed by atoms with Gasteiger partial charge < -0.3 is 9.90 Å². The molecule has 0 aromatic rings. The van der Waals surface area contributed by atoms with Gasteiger partial charge in [0.25, 0.3) is 0 Å². The molecule has 0 bridgehead atoms. The number of carboxylic acids is 1. The maximum absolute atomic E-state index is 10.3. The summed E-state index contributed by atoms with van der Waals surface area (Å²) < 4.78 is 0. The average Bonchev–Trinajstić information content (AvgIpc) is 2.89. The summed E-state index contributed by atoms with van der Waals surface area (Å²) in [6.45, 7) is 4.48. The van der Waals surface area contributed by atoms with Crippen molar-refractivity contribution < 1.29 is 14.7 Å². The predicted octanol–water partition coefficient (Wildman–Crippen LogP) is 11.6. The zero-order chi connectivity index (χ0) is 27.5. The molecule has 0 aliphatic carbocycles. The van der Waals surface area contributed by atoms with Crippen molar-refractivity contribution in [1.82, 2.24) is 0 Å². The van der Waals surface area contributed by atoms with E-state index in [1.54, 1.807) is 0 Å². The molecule has 0 aliphatic rings. The first-order valence-corrected chi connectivity index (χ1v) is 16.1.